The maximum Gasteiger partial charge on any atom is 0.323 e. The van der Waals surface area contributed by atoms with Gasteiger partial charge in [0.15, 0.2) is 0 Å². The summed E-state index contributed by atoms with van der Waals surface area (Å²) in [6, 6.07) is 15.7. The molecule has 0 N–H and O–H groups in total. The lowest BCUT2D eigenvalue weighted by Crippen LogP contribution is -2.45. The Balaban J connectivity index is 1.84. The summed E-state index contributed by atoms with van der Waals surface area (Å²) >= 11 is 0. The second-order valence-electron chi connectivity index (χ2n) is 6.09. The van der Waals surface area contributed by atoms with Crippen LogP contribution in [0.3, 0.4) is 0 Å². The zero-order chi connectivity index (χ0) is 17.1. The molecule has 0 amide bonds. The van der Waals surface area contributed by atoms with E-state index in [1.165, 1.54) is 11.1 Å². The predicted molar refractivity (Wildman–Crippen MR) is 93.3 cm³/mol. The number of ether oxygens (including phenoxy) is 2. The number of likely N-dealkylation sites (N-methyl/N-ethyl adjacent to an activating group) is 1. The largest absolute Gasteiger partial charge is 0.465 e. The van der Waals surface area contributed by atoms with E-state index in [0.29, 0.717) is 13.0 Å². The van der Waals surface area contributed by atoms with Gasteiger partial charge in [0.05, 0.1) is 6.61 Å². The van der Waals surface area contributed by atoms with Gasteiger partial charge >= 0.3 is 5.97 Å². The first-order valence-corrected chi connectivity index (χ1v) is 8.34. The van der Waals surface area contributed by atoms with Crippen LogP contribution in [-0.4, -0.2) is 30.6 Å². The Hall–Kier alpha value is -2.33. The molecule has 3 rings (SSSR count). The van der Waals surface area contributed by atoms with Gasteiger partial charge in [-0.3, -0.25) is 9.69 Å². The van der Waals surface area contributed by atoms with Crippen LogP contribution in [0.4, 0.5) is 0 Å². The van der Waals surface area contributed by atoms with Crippen LogP contribution in [0, 0.1) is 0 Å². The van der Waals surface area contributed by atoms with Gasteiger partial charge in [-0.25, -0.2) is 0 Å². The van der Waals surface area contributed by atoms with Crippen molar-refractivity contribution in [3.8, 4) is 11.5 Å². The summed E-state index contributed by atoms with van der Waals surface area (Å²) in [5.41, 5.74) is 2.38. The predicted octanol–water partition coefficient (Wildman–Crippen LogP) is 3.96. The van der Waals surface area contributed by atoms with Gasteiger partial charge in [0.1, 0.15) is 17.5 Å². The number of esters is 1. The minimum Gasteiger partial charge on any atom is -0.465 e. The highest BCUT2D eigenvalue weighted by Gasteiger charge is 2.34. The summed E-state index contributed by atoms with van der Waals surface area (Å²) in [4.78, 5) is 14.3. The topological polar surface area (TPSA) is 38.8 Å². The highest BCUT2D eigenvalue weighted by atomic mass is 16.5. The molecule has 0 bridgehead atoms. The fourth-order valence-electron chi connectivity index (χ4n) is 3.17. The van der Waals surface area contributed by atoms with E-state index >= 15 is 0 Å². The molecule has 0 fully saturated rings. The molecular weight excluding hydrogens is 302 g/mol. The lowest BCUT2D eigenvalue weighted by molar-refractivity contribution is -0.150. The molecule has 1 aliphatic heterocycles. The number of fused-ring (bicyclic) bond motifs is 1. The van der Waals surface area contributed by atoms with Crippen molar-refractivity contribution in [2.24, 2.45) is 0 Å². The van der Waals surface area contributed by atoms with Crippen molar-refractivity contribution in [2.45, 2.75) is 32.4 Å². The molecule has 126 valence electrons. The highest BCUT2D eigenvalue weighted by Crippen LogP contribution is 2.35. The Labute approximate surface area is 143 Å². The van der Waals surface area contributed by atoms with Gasteiger partial charge in [0.2, 0.25) is 0 Å². The number of carbonyl (C=O) groups is 1. The molecule has 2 aromatic carbocycles. The lowest BCUT2D eigenvalue weighted by atomic mass is 9.89. The molecule has 0 spiro atoms. The summed E-state index contributed by atoms with van der Waals surface area (Å²) in [7, 11) is 1.97. The van der Waals surface area contributed by atoms with Crippen LogP contribution in [0.25, 0.3) is 0 Å². The van der Waals surface area contributed by atoms with Gasteiger partial charge in [-0.1, -0.05) is 24.3 Å². The molecule has 0 aromatic heterocycles. The van der Waals surface area contributed by atoms with Crippen LogP contribution in [-0.2, 0) is 16.0 Å². The molecule has 0 saturated carbocycles. The van der Waals surface area contributed by atoms with E-state index in [-0.39, 0.29) is 18.1 Å². The fraction of sp³-hybridized carbons (Fsp3) is 0.350. The van der Waals surface area contributed by atoms with Crippen molar-refractivity contribution >= 4 is 5.97 Å². The van der Waals surface area contributed by atoms with E-state index in [4.69, 9.17) is 9.47 Å². The molecule has 1 aliphatic rings. The summed E-state index contributed by atoms with van der Waals surface area (Å²) in [6.07, 6.45) is 0.667. The van der Waals surface area contributed by atoms with E-state index in [0.717, 1.165) is 11.5 Å². The van der Waals surface area contributed by atoms with Crippen molar-refractivity contribution in [3.63, 3.8) is 0 Å². The zero-order valence-corrected chi connectivity index (χ0v) is 14.4. The van der Waals surface area contributed by atoms with Crippen molar-refractivity contribution < 1.29 is 14.3 Å². The van der Waals surface area contributed by atoms with Gasteiger partial charge in [-0.2, -0.15) is 0 Å². The Morgan fingerprint density at radius 3 is 2.62 bits per heavy atom. The van der Waals surface area contributed by atoms with Crippen molar-refractivity contribution in [1.29, 1.82) is 0 Å². The molecule has 2 atom stereocenters. The summed E-state index contributed by atoms with van der Waals surface area (Å²) < 4.78 is 11.1. The monoisotopic (exact) mass is 325 g/mol. The first-order valence-electron chi connectivity index (χ1n) is 8.34. The molecule has 24 heavy (non-hydrogen) atoms. The molecule has 2 unspecified atom stereocenters. The molecule has 0 saturated heterocycles. The van der Waals surface area contributed by atoms with Gasteiger partial charge in [0, 0.05) is 6.04 Å². The van der Waals surface area contributed by atoms with Crippen LogP contribution in [0.5, 0.6) is 11.5 Å². The van der Waals surface area contributed by atoms with Gasteiger partial charge in [0.25, 0.3) is 0 Å². The van der Waals surface area contributed by atoms with Crippen molar-refractivity contribution in [1.82, 2.24) is 4.90 Å². The molecule has 0 aliphatic carbocycles. The SMILES string of the molecule is CCOC(=O)C1Cc2ccc(Oc3ccccc3)cc2C(C)N1C. The second-order valence-corrected chi connectivity index (χ2v) is 6.09. The smallest absolute Gasteiger partial charge is 0.323 e. The third-order valence-electron chi connectivity index (χ3n) is 4.62. The molecule has 4 heteroatoms. The summed E-state index contributed by atoms with van der Waals surface area (Å²) in [5, 5.41) is 0. The minimum absolute atomic E-state index is 0.127. The van der Waals surface area contributed by atoms with Crippen LogP contribution in [0.2, 0.25) is 0 Å². The van der Waals surface area contributed by atoms with Crippen LogP contribution in [0.15, 0.2) is 48.5 Å². The number of benzene rings is 2. The third-order valence-corrected chi connectivity index (χ3v) is 4.62. The minimum atomic E-state index is -0.228. The number of hydrogen-bond donors (Lipinski definition) is 0. The van der Waals surface area contributed by atoms with Crippen molar-refractivity contribution in [2.75, 3.05) is 13.7 Å². The zero-order valence-electron chi connectivity index (χ0n) is 14.4. The van der Waals surface area contributed by atoms with Crippen LogP contribution >= 0.6 is 0 Å². The Bertz CT molecular complexity index is 714. The Morgan fingerprint density at radius 1 is 1.17 bits per heavy atom. The lowest BCUT2D eigenvalue weighted by Gasteiger charge is -2.37. The van der Waals surface area contributed by atoms with E-state index in [1.54, 1.807) is 0 Å². The van der Waals surface area contributed by atoms with Gasteiger partial charge in [-0.05, 0) is 62.7 Å². The number of hydrogen-bond acceptors (Lipinski definition) is 4. The summed E-state index contributed by atoms with van der Waals surface area (Å²) in [6.45, 7) is 4.36. The second kappa shape index (κ2) is 7.05. The molecule has 4 nitrogen and oxygen atoms in total. The van der Waals surface area contributed by atoms with Gasteiger partial charge in [-0.15, -0.1) is 0 Å². The fourth-order valence-corrected chi connectivity index (χ4v) is 3.17. The standard InChI is InChI=1S/C20H23NO3/c1-4-23-20(22)19-12-15-10-11-17(13-18(15)14(2)21(19)3)24-16-8-6-5-7-9-16/h5-11,13-14,19H,4,12H2,1-3H3. The average molecular weight is 325 g/mol. The Morgan fingerprint density at radius 2 is 1.92 bits per heavy atom. The molecule has 1 heterocycles. The number of nitrogens with zero attached hydrogens (tertiary/aromatic N) is 1. The highest BCUT2D eigenvalue weighted by molar-refractivity contribution is 5.77. The van der Waals surface area contributed by atoms with E-state index in [1.807, 2.05) is 50.4 Å². The third kappa shape index (κ3) is 3.29. The molecule has 0 radical (unpaired) electrons. The normalized spacial score (nSPS) is 20.3. The Kier molecular flexibility index (Phi) is 4.86. The summed E-state index contributed by atoms with van der Waals surface area (Å²) in [5.74, 6) is 1.48. The first kappa shape index (κ1) is 16.5. The number of para-hydroxylation sites is 1. The average Bonchev–Trinajstić information content (AvgIpc) is 2.59. The molecule has 2 aromatic rings. The number of carbonyl (C=O) groups excluding carboxylic acids is 1. The first-order chi connectivity index (χ1) is 11.6. The maximum absolute atomic E-state index is 12.2. The van der Waals surface area contributed by atoms with Crippen molar-refractivity contribution in [3.05, 3.63) is 59.7 Å². The van der Waals surface area contributed by atoms with Crippen LogP contribution in [0.1, 0.15) is 31.0 Å². The van der Waals surface area contributed by atoms with E-state index < -0.39 is 0 Å². The quantitative estimate of drug-likeness (QED) is 0.798. The van der Waals surface area contributed by atoms with E-state index in [9.17, 15) is 4.79 Å². The molecular formula is C20H23NO3. The maximum atomic E-state index is 12.2. The van der Waals surface area contributed by atoms with E-state index in [2.05, 4.69) is 24.0 Å². The number of rotatable bonds is 4. The van der Waals surface area contributed by atoms with Gasteiger partial charge < -0.3 is 9.47 Å². The van der Waals surface area contributed by atoms with Crippen LogP contribution < -0.4 is 4.74 Å².